The van der Waals surface area contributed by atoms with Crippen molar-refractivity contribution in [2.45, 2.75) is 38.9 Å². The predicted molar refractivity (Wildman–Crippen MR) is 120 cm³/mol. The fourth-order valence-electron chi connectivity index (χ4n) is 4.17. The normalized spacial score (nSPS) is 18.9. The van der Waals surface area contributed by atoms with E-state index in [1.165, 1.54) is 0 Å². The lowest BCUT2D eigenvalue weighted by Gasteiger charge is -2.35. The van der Waals surface area contributed by atoms with Crippen LogP contribution >= 0.6 is 0 Å². The second-order valence-electron chi connectivity index (χ2n) is 8.11. The van der Waals surface area contributed by atoms with E-state index in [4.69, 9.17) is 18.6 Å². The molecule has 6 nitrogen and oxygen atoms in total. The van der Waals surface area contributed by atoms with Gasteiger partial charge >= 0.3 is 0 Å². The van der Waals surface area contributed by atoms with Crippen LogP contribution in [-0.2, 0) is 16.0 Å². The van der Waals surface area contributed by atoms with Gasteiger partial charge in [0.1, 0.15) is 11.3 Å². The van der Waals surface area contributed by atoms with Gasteiger partial charge in [0.05, 0.1) is 26.4 Å². The minimum Gasteiger partial charge on any atom is -0.493 e. The zero-order valence-electron chi connectivity index (χ0n) is 18.5. The maximum Gasteiger partial charge on any atom is 0.223 e. The molecule has 0 aliphatic carbocycles. The van der Waals surface area contributed by atoms with Crippen molar-refractivity contribution in [3.8, 4) is 22.8 Å². The monoisotopic (exact) mass is 423 g/mol. The highest BCUT2D eigenvalue weighted by atomic mass is 16.5. The van der Waals surface area contributed by atoms with Gasteiger partial charge in [0.25, 0.3) is 0 Å². The van der Waals surface area contributed by atoms with Gasteiger partial charge in [-0.2, -0.15) is 0 Å². The van der Waals surface area contributed by atoms with Crippen LogP contribution in [0.1, 0.15) is 25.8 Å². The van der Waals surface area contributed by atoms with E-state index < -0.39 is 0 Å². The highest BCUT2D eigenvalue weighted by molar-refractivity contribution is 5.84. The molecule has 0 saturated carbocycles. The summed E-state index contributed by atoms with van der Waals surface area (Å²) in [7, 11) is 3.23. The number of aryl methyl sites for hydroxylation is 1. The van der Waals surface area contributed by atoms with Crippen molar-refractivity contribution in [2.75, 3.05) is 27.3 Å². The van der Waals surface area contributed by atoms with Crippen LogP contribution in [0.15, 0.2) is 46.9 Å². The molecule has 2 aromatic carbocycles. The van der Waals surface area contributed by atoms with E-state index in [-0.39, 0.29) is 18.1 Å². The number of furan rings is 1. The third-order valence-electron chi connectivity index (χ3n) is 5.65. The molecular formula is C25H29NO5. The molecule has 2 atom stereocenters. The standard InChI is InChI=1S/C25H29NO5/c1-16-14-26(15-17(2)30-16)25(27)10-6-18-5-8-21-20(11-18)13-23(31-21)19-7-9-22(28-3)24(12-19)29-4/h5,7-9,11-13,16-17H,6,10,14-15H2,1-4H3/t16-,17+. The molecule has 0 N–H and O–H groups in total. The summed E-state index contributed by atoms with van der Waals surface area (Å²) in [5.41, 5.74) is 2.85. The summed E-state index contributed by atoms with van der Waals surface area (Å²) in [5.74, 6) is 2.28. The second kappa shape index (κ2) is 9.02. The van der Waals surface area contributed by atoms with Crippen LogP contribution in [0.5, 0.6) is 11.5 Å². The summed E-state index contributed by atoms with van der Waals surface area (Å²) in [6.45, 7) is 5.36. The van der Waals surface area contributed by atoms with Gasteiger partial charge in [0, 0.05) is 30.5 Å². The van der Waals surface area contributed by atoms with Crippen molar-refractivity contribution in [3.05, 3.63) is 48.0 Å². The number of methoxy groups -OCH3 is 2. The van der Waals surface area contributed by atoms with Crippen molar-refractivity contribution >= 4 is 16.9 Å². The van der Waals surface area contributed by atoms with E-state index in [1.54, 1.807) is 14.2 Å². The van der Waals surface area contributed by atoms with Crippen LogP contribution in [0.25, 0.3) is 22.3 Å². The molecule has 164 valence electrons. The number of carbonyl (C=O) groups is 1. The van der Waals surface area contributed by atoms with Crippen LogP contribution in [-0.4, -0.2) is 50.3 Å². The number of hydrogen-bond donors (Lipinski definition) is 0. The average molecular weight is 424 g/mol. The Labute approximate surface area is 182 Å². The zero-order valence-corrected chi connectivity index (χ0v) is 18.5. The minimum absolute atomic E-state index is 0.0879. The Bertz CT molecular complexity index is 1060. The number of carbonyl (C=O) groups excluding carboxylic acids is 1. The first-order chi connectivity index (χ1) is 15.0. The van der Waals surface area contributed by atoms with Crippen LogP contribution in [0, 0.1) is 0 Å². The number of amides is 1. The number of fused-ring (bicyclic) bond motifs is 1. The molecular weight excluding hydrogens is 394 g/mol. The summed E-state index contributed by atoms with van der Waals surface area (Å²) in [4.78, 5) is 14.6. The van der Waals surface area contributed by atoms with Gasteiger partial charge in [-0.25, -0.2) is 0 Å². The highest BCUT2D eigenvalue weighted by Crippen LogP contribution is 2.35. The number of nitrogens with zero attached hydrogens (tertiary/aromatic N) is 1. The lowest BCUT2D eigenvalue weighted by Crippen LogP contribution is -2.48. The summed E-state index contributed by atoms with van der Waals surface area (Å²) in [5, 5.41) is 1.02. The molecule has 0 radical (unpaired) electrons. The Morgan fingerprint density at radius 2 is 1.74 bits per heavy atom. The van der Waals surface area contributed by atoms with E-state index in [9.17, 15) is 4.79 Å². The SMILES string of the molecule is COc1ccc(-c2cc3cc(CCC(=O)N4C[C@@H](C)O[C@@H](C)C4)ccc3o2)cc1OC. The van der Waals surface area contributed by atoms with E-state index >= 15 is 0 Å². The van der Waals surface area contributed by atoms with Crippen LogP contribution in [0.4, 0.5) is 0 Å². The van der Waals surface area contributed by atoms with Crippen LogP contribution in [0.2, 0.25) is 0 Å². The average Bonchev–Trinajstić information content (AvgIpc) is 3.19. The number of ether oxygens (including phenoxy) is 3. The smallest absolute Gasteiger partial charge is 0.223 e. The van der Waals surface area contributed by atoms with Gasteiger partial charge in [-0.05, 0) is 62.2 Å². The Kier molecular flexibility index (Phi) is 6.18. The van der Waals surface area contributed by atoms with Gasteiger partial charge in [0.15, 0.2) is 11.5 Å². The van der Waals surface area contributed by atoms with E-state index in [0.29, 0.717) is 37.4 Å². The maximum absolute atomic E-state index is 12.7. The maximum atomic E-state index is 12.7. The van der Waals surface area contributed by atoms with Gasteiger partial charge in [-0.1, -0.05) is 6.07 Å². The first-order valence-electron chi connectivity index (χ1n) is 10.6. The quantitative estimate of drug-likeness (QED) is 0.576. The Morgan fingerprint density at radius 3 is 2.45 bits per heavy atom. The molecule has 6 heteroatoms. The van der Waals surface area contributed by atoms with Crippen molar-refractivity contribution in [2.24, 2.45) is 0 Å². The Hall–Kier alpha value is -2.99. The summed E-state index contributed by atoms with van der Waals surface area (Å²) >= 11 is 0. The molecule has 0 spiro atoms. The van der Waals surface area contributed by atoms with Gasteiger partial charge in [0.2, 0.25) is 5.91 Å². The summed E-state index contributed by atoms with van der Waals surface area (Å²) < 4.78 is 22.5. The number of rotatable bonds is 6. The molecule has 1 aromatic heterocycles. The van der Waals surface area contributed by atoms with E-state index in [1.807, 2.05) is 55.1 Å². The van der Waals surface area contributed by atoms with Gasteiger partial charge in [-0.15, -0.1) is 0 Å². The summed E-state index contributed by atoms with van der Waals surface area (Å²) in [6, 6.07) is 13.8. The fourth-order valence-corrected chi connectivity index (χ4v) is 4.17. The largest absolute Gasteiger partial charge is 0.493 e. The topological polar surface area (TPSA) is 61.1 Å². The lowest BCUT2D eigenvalue weighted by atomic mass is 10.1. The molecule has 0 unspecified atom stereocenters. The van der Waals surface area contributed by atoms with Crippen molar-refractivity contribution in [3.63, 3.8) is 0 Å². The molecule has 1 amide bonds. The molecule has 3 aromatic rings. The van der Waals surface area contributed by atoms with Gasteiger partial charge in [-0.3, -0.25) is 4.79 Å². The molecule has 4 rings (SSSR count). The lowest BCUT2D eigenvalue weighted by molar-refractivity contribution is -0.143. The number of morpholine rings is 1. The molecule has 31 heavy (non-hydrogen) atoms. The Morgan fingerprint density at radius 1 is 1.00 bits per heavy atom. The third-order valence-corrected chi connectivity index (χ3v) is 5.65. The van der Waals surface area contributed by atoms with Crippen LogP contribution in [0.3, 0.4) is 0 Å². The fraction of sp³-hybridized carbons (Fsp3) is 0.400. The van der Waals surface area contributed by atoms with Crippen molar-refractivity contribution in [1.29, 1.82) is 0 Å². The van der Waals surface area contributed by atoms with Crippen molar-refractivity contribution < 1.29 is 23.4 Å². The molecule has 1 aliphatic rings. The third kappa shape index (κ3) is 4.69. The van der Waals surface area contributed by atoms with Crippen LogP contribution < -0.4 is 9.47 Å². The first kappa shape index (κ1) is 21.2. The van der Waals surface area contributed by atoms with E-state index in [2.05, 4.69) is 6.07 Å². The zero-order chi connectivity index (χ0) is 22.0. The molecule has 1 saturated heterocycles. The first-order valence-corrected chi connectivity index (χ1v) is 10.6. The molecule has 1 fully saturated rings. The molecule has 2 heterocycles. The minimum atomic E-state index is 0.0879. The second-order valence-corrected chi connectivity index (χ2v) is 8.11. The summed E-state index contributed by atoms with van der Waals surface area (Å²) in [6.07, 6.45) is 1.37. The molecule has 0 bridgehead atoms. The molecule has 1 aliphatic heterocycles. The van der Waals surface area contributed by atoms with E-state index in [0.717, 1.165) is 27.9 Å². The number of hydrogen-bond acceptors (Lipinski definition) is 5. The predicted octanol–water partition coefficient (Wildman–Crippen LogP) is 4.69. The highest BCUT2D eigenvalue weighted by Gasteiger charge is 2.25. The number of benzene rings is 2. The Balaban J connectivity index is 1.47. The van der Waals surface area contributed by atoms with Crippen molar-refractivity contribution in [1.82, 2.24) is 4.90 Å². The van der Waals surface area contributed by atoms with Gasteiger partial charge < -0.3 is 23.5 Å².